The van der Waals surface area contributed by atoms with Gasteiger partial charge in [-0.25, -0.2) is 25.1 Å². The van der Waals surface area contributed by atoms with Crippen LogP contribution in [0.15, 0.2) is 12.7 Å². The molecule has 2 aromatic heterocycles. The molecular formula is C25H44N7O6P. The lowest BCUT2D eigenvalue weighted by Crippen LogP contribution is -2.43. The van der Waals surface area contributed by atoms with Gasteiger partial charge in [-0.3, -0.25) is 14.2 Å². The Balaban J connectivity index is 2.03. The fourth-order valence-corrected chi connectivity index (χ4v) is 5.92. The number of aromatic nitrogens is 4. The molecule has 0 saturated heterocycles. The van der Waals surface area contributed by atoms with E-state index >= 15 is 0 Å². The number of ether oxygens (including phenoxy) is 3. The monoisotopic (exact) mass is 569 g/mol. The van der Waals surface area contributed by atoms with Crippen molar-refractivity contribution in [1.29, 1.82) is 0 Å². The summed E-state index contributed by atoms with van der Waals surface area (Å²) in [6.07, 6.45) is 6.99. The molecular weight excluding hydrogens is 525 g/mol. The highest BCUT2D eigenvalue weighted by molar-refractivity contribution is 7.59. The molecule has 14 heteroatoms. The zero-order chi connectivity index (χ0) is 29.0. The van der Waals surface area contributed by atoms with Gasteiger partial charge in [0.1, 0.15) is 30.3 Å². The van der Waals surface area contributed by atoms with Gasteiger partial charge in [0.2, 0.25) is 7.44 Å². The van der Waals surface area contributed by atoms with Crippen LogP contribution in [0.1, 0.15) is 73.6 Å². The number of nitrogens with two attached hydrogens (primary N) is 1. The average molecular weight is 570 g/mol. The second kappa shape index (κ2) is 15.9. The zero-order valence-corrected chi connectivity index (χ0v) is 24.8. The first-order valence-electron chi connectivity index (χ1n) is 13.5. The van der Waals surface area contributed by atoms with E-state index in [0.717, 1.165) is 32.1 Å². The summed E-state index contributed by atoms with van der Waals surface area (Å²) < 4.78 is 32.2. The molecule has 2 rings (SSSR count). The van der Waals surface area contributed by atoms with Crippen molar-refractivity contribution >= 4 is 36.4 Å². The van der Waals surface area contributed by atoms with Crippen LogP contribution in [0.2, 0.25) is 0 Å². The quantitative estimate of drug-likeness (QED) is 0.136. The van der Waals surface area contributed by atoms with Crippen LogP contribution in [0.3, 0.4) is 0 Å². The minimum absolute atomic E-state index is 0.273. The van der Waals surface area contributed by atoms with Crippen molar-refractivity contribution in [2.45, 2.75) is 104 Å². The number of anilines is 1. The predicted molar refractivity (Wildman–Crippen MR) is 149 cm³/mol. The molecule has 220 valence electrons. The number of esters is 2. The Labute approximate surface area is 230 Å². The van der Waals surface area contributed by atoms with E-state index in [1.807, 2.05) is 0 Å². The Morgan fingerprint density at radius 1 is 1.00 bits per heavy atom. The van der Waals surface area contributed by atoms with Crippen molar-refractivity contribution in [3.8, 4) is 0 Å². The Hall–Kier alpha value is -2.60. The third-order valence-electron chi connectivity index (χ3n) is 5.78. The molecule has 0 aliphatic heterocycles. The fraction of sp³-hybridized carbons (Fsp3) is 0.720. The number of carbonyl (C=O) groups is 2. The number of nitrogens with zero attached hydrogens (tertiary/aromatic N) is 4. The molecule has 0 fully saturated rings. The number of hydrogen-bond acceptors (Lipinski definition) is 10. The predicted octanol–water partition coefficient (Wildman–Crippen LogP) is 3.39. The molecule has 1 unspecified atom stereocenters. The van der Waals surface area contributed by atoms with Crippen molar-refractivity contribution in [2.75, 3.05) is 18.7 Å². The van der Waals surface area contributed by atoms with E-state index in [4.69, 9.17) is 19.9 Å². The second-order valence-corrected chi connectivity index (χ2v) is 12.2. The minimum Gasteiger partial charge on any atom is -0.465 e. The second-order valence-electron chi connectivity index (χ2n) is 9.94. The first-order chi connectivity index (χ1) is 18.5. The van der Waals surface area contributed by atoms with Crippen molar-refractivity contribution in [3.63, 3.8) is 0 Å². The molecule has 13 nitrogen and oxygen atoms in total. The molecule has 4 N–H and O–H groups in total. The van der Waals surface area contributed by atoms with Gasteiger partial charge in [-0.2, -0.15) is 0 Å². The molecule has 0 saturated carbocycles. The van der Waals surface area contributed by atoms with Crippen LogP contribution < -0.4 is 15.9 Å². The third-order valence-corrected chi connectivity index (χ3v) is 7.90. The van der Waals surface area contributed by atoms with Gasteiger partial charge in [-0.1, -0.05) is 32.6 Å². The largest absolute Gasteiger partial charge is 0.465 e. The maximum Gasteiger partial charge on any atom is 0.323 e. The number of unbranched alkanes of at least 4 members (excludes halogenated alkanes) is 4. The van der Waals surface area contributed by atoms with Gasteiger partial charge in [0.25, 0.3) is 0 Å². The summed E-state index contributed by atoms with van der Waals surface area (Å²) in [7, 11) is -3.63. The molecule has 0 radical (unpaired) electrons. The summed E-state index contributed by atoms with van der Waals surface area (Å²) in [5.74, 6) is -0.820. The standard InChI is InChI=1S/C25H44N7O6P/c1-7-8-9-10-11-12-36-24(33)19(5)30-39(35,31-20(6)25(34)38-17(2)3)16-37-18(4)13-32-15-29-21-22(26)27-14-28-23(21)32/h14-15,17-20H,7-13,16H2,1-6H3,(H2,26,27,28)(H2,30,31,35)/t18-,19-,20+,39?/m1/s1. The summed E-state index contributed by atoms with van der Waals surface area (Å²) in [5.41, 5.74) is 6.89. The van der Waals surface area contributed by atoms with E-state index < -0.39 is 37.6 Å². The highest BCUT2D eigenvalue weighted by Crippen LogP contribution is 2.38. The maximum atomic E-state index is 13.9. The lowest BCUT2D eigenvalue weighted by atomic mass is 10.2. The smallest absolute Gasteiger partial charge is 0.323 e. The van der Waals surface area contributed by atoms with Gasteiger partial charge in [-0.15, -0.1) is 0 Å². The van der Waals surface area contributed by atoms with Crippen LogP contribution >= 0.6 is 7.44 Å². The molecule has 0 bridgehead atoms. The highest BCUT2D eigenvalue weighted by atomic mass is 31.2. The summed E-state index contributed by atoms with van der Waals surface area (Å²) in [6.45, 7) is 11.1. The highest BCUT2D eigenvalue weighted by Gasteiger charge is 2.33. The maximum absolute atomic E-state index is 13.9. The Bertz CT molecular complexity index is 1110. The zero-order valence-electron chi connectivity index (χ0n) is 23.9. The van der Waals surface area contributed by atoms with Crippen molar-refractivity contribution in [3.05, 3.63) is 12.7 Å². The number of hydrogen-bond donors (Lipinski definition) is 3. The summed E-state index contributed by atoms with van der Waals surface area (Å²) in [4.78, 5) is 37.4. The van der Waals surface area contributed by atoms with E-state index in [1.54, 1.807) is 45.5 Å². The Morgan fingerprint density at radius 2 is 1.67 bits per heavy atom. The van der Waals surface area contributed by atoms with Gasteiger partial charge in [-0.05, 0) is 41.0 Å². The van der Waals surface area contributed by atoms with Crippen molar-refractivity contribution in [1.82, 2.24) is 29.7 Å². The normalized spacial score (nSPS) is 15.6. The molecule has 0 aliphatic carbocycles. The number of carbonyl (C=O) groups excluding carboxylic acids is 2. The van der Waals surface area contributed by atoms with Gasteiger partial charge >= 0.3 is 11.9 Å². The first kappa shape index (κ1) is 32.6. The summed E-state index contributed by atoms with van der Waals surface area (Å²) >= 11 is 0. The van der Waals surface area contributed by atoms with Crippen LogP contribution in [0.4, 0.5) is 5.82 Å². The van der Waals surface area contributed by atoms with E-state index in [0.29, 0.717) is 24.3 Å². The fourth-order valence-electron chi connectivity index (χ4n) is 3.77. The SMILES string of the molecule is CCCCCCCOC(=O)[C@@H](C)NP(=O)(CO[C@H](C)Cn1cnc2c(N)ncnc21)N[C@@H](C)C(=O)OC(C)C. The Morgan fingerprint density at radius 3 is 2.33 bits per heavy atom. The molecule has 39 heavy (non-hydrogen) atoms. The van der Waals surface area contributed by atoms with E-state index in [-0.39, 0.29) is 18.3 Å². The summed E-state index contributed by atoms with van der Waals surface area (Å²) in [5, 5.41) is 5.63. The van der Waals surface area contributed by atoms with Gasteiger partial charge in [0, 0.05) is 0 Å². The average Bonchev–Trinajstić information content (AvgIpc) is 3.28. The van der Waals surface area contributed by atoms with Crippen LogP contribution in [0, 0.1) is 0 Å². The topological polar surface area (TPSA) is 173 Å². The van der Waals surface area contributed by atoms with Gasteiger partial charge < -0.3 is 24.5 Å². The van der Waals surface area contributed by atoms with Crippen LogP contribution in [-0.4, -0.2) is 68.7 Å². The van der Waals surface area contributed by atoms with E-state index in [9.17, 15) is 14.2 Å². The minimum atomic E-state index is -3.63. The van der Waals surface area contributed by atoms with Crippen LogP contribution in [0.5, 0.6) is 0 Å². The van der Waals surface area contributed by atoms with E-state index in [2.05, 4.69) is 32.1 Å². The molecule has 0 amide bonds. The van der Waals surface area contributed by atoms with Gasteiger partial charge in [0.15, 0.2) is 11.5 Å². The summed E-state index contributed by atoms with van der Waals surface area (Å²) in [6, 6.07) is -1.81. The molecule has 0 spiro atoms. The molecule has 2 heterocycles. The Kier molecular flexibility index (Phi) is 13.3. The molecule has 2 aromatic rings. The number of imidazole rings is 1. The lowest BCUT2D eigenvalue weighted by Gasteiger charge is -2.27. The van der Waals surface area contributed by atoms with Crippen LogP contribution in [0.25, 0.3) is 11.2 Å². The van der Waals surface area contributed by atoms with Crippen molar-refractivity contribution < 1.29 is 28.4 Å². The van der Waals surface area contributed by atoms with Crippen molar-refractivity contribution in [2.24, 2.45) is 0 Å². The number of nitrogen functional groups attached to an aromatic ring is 1. The molecule has 0 aliphatic rings. The van der Waals surface area contributed by atoms with Gasteiger partial charge in [0.05, 0.1) is 31.7 Å². The van der Waals surface area contributed by atoms with E-state index in [1.165, 1.54) is 6.33 Å². The molecule has 4 atom stereocenters. The van der Waals surface area contributed by atoms with Crippen LogP contribution in [-0.2, 0) is 34.9 Å². The first-order valence-corrected chi connectivity index (χ1v) is 15.4. The number of rotatable bonds is 18. The number of fused-ring (bicyclic) bond motifs is 1. The molecule has 0 aromatic carbocycles. The third kappa shape index (κ3) is 10.8. The number of nitrogens with one attached hydrogen (secondary N) is 2. The lowest BCUT2D eigenvalue weighted by molar-refractivity contribution is -0.149.